The van der Waals surface area contributed by atoms with E-state index in [9.17, 15) is 0 Å². The maximum absolute atomic E-state index is 5.22. The Morgan fingerprint density at radius 3 is 1.69 bits per heavy atom. The molecule has 0 saturated heterocycles. The van der Waals surface area contributed by atoms with Crippen LogP contribution in [-0.2, 0) is 22.7 Å². The van der Waals surface area contributed by atoms with Crippen LogP contribution in [0.5, 0.6) is 0 Å². The van der Waals surface area contributed by atoms with E-state index in [4.69, 9.17) is 9.47 Å². The zero-order chi connectivity index (χ0) is 11.1. The summed E-state index contributed by atoms with van der Waals surface area (Å²) < 4.78 is 10.4. The van der Waals surface area contributed by atoms with Gasteiger partial charge in [0, 0.05) is 0 Å². The molecule has 2 heterocycles. The van der Waals surface area contributed by atoms with Crippen molar-refractivity contribution in [2.45, 2.75) is 13.2 Å². The van der Waals surface area contributed by atoms with Gasteiger partial charge in [0.15, 0.2) is 11.6 Å². The van der Waals surface area contributed by atoms with Crippen molar-refractivity contribution < 1.29 is 9.47 Å². The van der Waals surface area contributed by atoms with E-state index in [0.717, 1.165) is 0 Å². The van der Waals surface area contributed by atoms with Crippen LogP contribution in [-0.4, -0.2) is 54.5 Å². The monoisotopic (exact) mass is 226 g/mol. The Balaban J connectivity index is 1.49. The summed E-state index contributed by atoms with van der Waals surface area (Å²) in [4.78, 5) is 0. The molecule has 16 heavy (non-hydrogen) atoms. The molecule has 2 rings (SSSR count). The number of nitrogens with one attached hydrogen (secondary N) is 2. The average Bonchev–Trinajstić information content (AvgIpc) is 2.96. The fraction of sp³-hybridized carbons (Fsp3) is 0.667. The van der Waals surface area contributed by atoms with Gasteiger partial charge in [-0.15, -0.1) is 20.4 Å². The molecule has 2 aromatic heterocycles. The van der Waals surface area contributed by atoms with Crippen LogP contribution in [0.4, 0.5) is 0 Å². The Labute approximate surface area is 89.7 Å². The third kappa shape index (κ3) is 3.33. The lowest BCUT2D eigenvalue weighted by molar-refractivity contribution is 0.0297. The van der Waals surface area contributed by atoms with Crippen LogP contribution in [0.1, 0.15) is 11.6 Å². The van der Waals surface area contributed by atoms with Gasteiger partial charge in [0.05, 0.1) is 13.2 Å². The third-order valence-corrected chi connectivity index (χ3v) is 1.61. The smallest absolute Gasteiger partial charge is 0.200 e. The number of tetrazole rings is 2. The quantitative estimate of drug-likeness (QED) is 0.543. The molecular formula is C6H10N8O2. The molecule has 0 aromatic carbocycles. The van der Waals surface area contributed by atoms with Crippen molar-refractivity contribution in [1.82, 2.24) is 41.2 Å². The predicted octanol–water partition coefficient (Wildman–Crippen LogP) is -1.55. The highest BCUT2D eigenvalue weighted by Gasteiger charge is 1.99. The van der Waals surface area contributed by atoms with Crippen LogP contribution in [0.3, 0.4) is 0 Å². The van der Waals surface area contributed by atoms with Crippen LogP contribution in [0.25, 0.3) is 0 Å². The standard InChI is InChI=1S/C6H10N8O2/c1(15-3-5-7-11-12-8-5)2-16-4-6-9-13-14-10-6/h1-4H2,(H,7,8,11,12)(H,9,10,13,14). The normalized spacial score (nSPS) is 10.8. The summed E-state index contributed by atoms with van der Waals surface area (Å²) >= 11 is 0. The molecule has 0 aliphatic rings. The summed E-state index contributed by atoms with van der Waals surface area (Å²) in [7, 11) is 0. The summed E-state index contributed by atoms with van der Waals surface area (Å²) in [6, 6.07) is 0. The topological polar surface area (TPSA) is 127 Å². The molecule has 0 amide bonds. The van der Waals surface area contributed by atoms with E-state index in [1.54, 1.807) is 0 Å². The number of H-pyrrole nitrogens is 2. The number of aromatic nitrogens is 8. The van der Waals surface area contributed by atoms with E-state index in [0.29, 0.717) is 38.1 Å². The Morgan fingerprint density at radius 1 is 0.812 bits per heavy atom. The van der Waals surface area contributed by atoms with Gasteiger partial charge in [-0.2, -0.15) is 10.4 Å². The van der Waals surface area contributed by atoms with Gasteiger partial charge >= 0.3 is 0 Å². The Kier molecular flexibility index (Phi) is 3.85. The minimum Gasteiger partial charge on any atom is -0.371 e. The maximum atomic E-state index is 5.22. The summed E-state index contributed by atoms with van der Waals surface area (Å²) in [5.74, 6) is 1.02. The number of aromatic amines is 2. The second-order valence-corrected chi connectivity index (χ2v) is 2.76. The molecule has 0 aliphatic heterocycles. The van der Waals surface area contributed by atoms with Gasteiger partial charge in [0.2, 0.25) is 0 Å². The Hall–Kier alpha value is -1.94. The molecule has 0 aliphatic carbocycles. The minimum absolute atomic E-state index is 0.308. The molecule has 0 atom stereocenters. The van der Waals surface area contributed by atoms with Gasteiger partial charge in [0.1, 0.15) is 13.2 Å². The lowest BCUT2D eigenvalue weighted by Crippen LogP contribution is -2.06. The minimum atomic E-state index is 0.308. The Bertz CT molecular complexity index is 335. The van der Waals surface area contributed by atoms with Crippen LogP contribution >= 0.6 is 0 Å². The molecule has 0 bridgehead atoms. The summed E-state index contributed by atoms with van der Waals surface area (Å²) in [6.07, 6.45) is 0. The number of ether oxygens (including phenoxy) is 2. The predicted molar refractivity (Wildman–Crippen MR) is 47.7 cm³/mol. The summed E-state index contributed by atoms with van der Waals surface area (Å²) in [6.45, 7) is 1.49. The molecule has 0 radical (unpaired) electrons. The first-order chi connectivity index (χ1) is 7.95. The van der Waals surface area contributed by atoms with Gasteiger partial charge in [0.25, 0.3) is 0 Å². The fourth-order valence-corrected chi connectivity index (χ4v) is 0.932. The molecule has 2 N–H and O–H groups in total. The molecule has 10 heteroatoms. The first-order valence-corrected chi connectivity index (χ1v) is 4.55. The number of nitrogens with zero attached hydrogens (tertiary/aromatic N) is 6. The lowest BCUT2D eigenvalue weighted by atomic mass is 10.6. The second kappa shape index (κ2) is 5.82. The SMILES string of the molecule is C(COCc1nn[nH]n1)OCc1nn[nH]n1. The second-order valence-electron chi connectivity index (χ2n) is 2.76. The highest BCUT2D eigenvalue weighted by Crippen LogP contribution is 1.91. The van der Waals surface area contributed by atoms with Crippen LogP contribution in [0.15, 0.2) is 0 Å². The number of hydrogen-bond donors (Lipinski definition) is 2. The number of rotatable bonds is 7. The molecule has 0 unspecified atom stereocenters. The van der Waals surface area contributed by atoms with Crippen molar-refractivity contribution in [3.05, 3.63) is 11.6 Å². The van der Waals surface area contributed by atoms with Gasteiger partial charge in [-0.05, 0) is 0 Å². The molecule has 0 saturated carbocycles. The van der Waals surface area contributed by atoms with Crippen molar-refractivity contribution in [2.75, 3.05) is 13.2 Å². The highest BCUT2D eigenvalue weighted by atomic mass is 16.5. The van der Waals surface area contributed by atoms with Gasteiger partial charge < -0.3 is 9.47 Å². The van der Waals surface area contributed by atoms with Gasteiger partial charge in [-0.3, -0.25) is 0 Å². The number of hydrogen-bond acceptors (Lipinski definition) is 8. The molecule has 2 aromatic rings. The van der Waals surface area contributed by atoms with Crippen LogP contribution < -0.4 is 0 Å². The summed E-state index contributed by atoms with van der Waals surface area (Å²) in [5.41, 5.74) is 0. The van der Waals surface area contributed by atoms with E-state index in [1.807, 2.05) is 0 Å². The third-order valence-electron chi connectivity index (χ3n) is 1.61. The first-order valence-electron chi connectivity index (χ1n) is 4.55. The molecule has 10 nitrogen and oxygen atoms in total. The van der Waals surface area contributed by atoms with Gasteiger partial charge in [-0.25, -0.2) is 0 Å². The van der Waals surface area contributed by atoms with Crippen molar-refractivity contribution in [3.8, 4) is 0 Å². The van der Waals surface area contributed by atoms with E-state index >= 15 is 0 Å². The van der Waals surface area contributed by atoms with Crippen molar-refractivity contribution in [3.63, 3.8) is 0 Å². The van der Waals surface area contributed by atoms with E-state index in [1.165, 1.54) is 0 Å². The van der Waals surface area contributed by atoms with Crippen molar-refractivity contribution >= 4 is 0 Å². The highest BCUT2D eigenvalue weighted by molar-refractivity contribution is 4.70. The Morgan fingerprint density at radius 2 is 1.31 bits per heavy atom. The zero-order valence-electron chi connectivity index (χ0n) is 8.33. The van der Waals surface area contributed by atoms with Crippen LogP contribution in [0.2, 0.25) is 0 Å². The largest absolute Gasteiger partial charge is 0.371 e. The molecular weight excluding hydrogens is 216 g/mol. The molecule has 86 valence electrons. The van der Waals surface area contributed by atoms with E-state index in [-0.39, 0.29) is 0 Å². The molecule has 0 fully saturated rings. The van der Waals surface area contributed by atoms with E-state index < -0.39 is 0 Å². The van der Waals surface area contributed by atoms with E-state index in [2.05, 4.69) is 41.2 Å². The average molecular weight is 226 g/mol. The van der Waals surface area contributed by atoms with Gasteiger partial charge in [-0.1, -0.05) is 10.4 Å². The zero-order valence-corrected chi connectivity index (χ0v) is 8.33. The first kappa shape index (κ1) is 10.6. The lowest BCUT2D eigenvalue weighted by Gasteiger charge is -2.01. The molecule has 0 spiro atoms. The summed E-state index contributed by atoms with van der Waals surface area (Å²) in [5, 5.41) is 26.4. The maximum Gasteiger partial charge on any atom is 0.200 e. The fourth-order valence-electron chi connectivity index (χ4n) is 0.932. The van der Waals surface area contributed by atoms with Crippen molar-refractivity contribution in [2.24, 2.45) is 0 Å². The van der Waals surface area contributed by atoms with Crippen LogP contribution in [0, 0.1) is 0 Å². The van der Waals surface area contributed by atoms with Crippen molar-refractivity contribution in [1.29, 1.82) is 0 Å².